The number of rotatable bonds is 9. The highest BCUT2D eigenvalue weighted by atomic mass is 16.5. The van der Waals surface area contributed by atoms with Crippen LogP contribution in [0.2, 0.25) is 0 Å². The van der Waals surface area contributed by atoms with Crippen LogP contribution in [0, 0.1) is 0 Å². The summed E-state index contributed by atoms with van der Waals surface area (Å²) < 4.78 is 21.3. The van der Waals surface area contributed by atoms with Gasteiger partial charge in [0.05, 0.1) is 38.0 Å². The van der Waals surface area contributed by atoms with Gasteiger partial charge < -0.3 is 23.6 Å². The zero-order valence-electron chi connectivity index (χ0n) is 20.7. The third-order valence-corrected chi connectivity index (χ3v) is 6.95. The van der Waals surface area contributed by atoms with Crippen molar-refractivity contribution in [1.82, 2.24) is 14.9 Å². The van der Waals surface area contributed by atoms with Crippen molar-refractivity contribution in [3.8, 4) is 11.5 Å². The molecule has 4 heterocycles. The van der Waals surface area contributed by atoms with Crippen molar-refractivity contribution in [2.24, 2.45) is 0 Å². The van der Waals surface area contributed by atoms with Crippen LogP contribution >= 0.6 is 0 Å². The van der Waals surface area contributed by atoms with E-state index < -0.39 is 5.97 Å². The molecule has 0 unspecified atom stereocenters. The molecule has 188 valence electrons. The molecule has 0 saturated carbocycles. The Morgan fingerprint density at radius 1 is 1.19 bits per heavy atom. The Morgan fingerprint density at radius 3 is 2.81 bits per heavy atom. The first-order valence-corrected chi connectivity index (χ1v) is 12.2. The summed E-state index contributed by atoms with van der Waals surface area (Å²) in [6.07, 6.45) is 10.4. The van der Waals surface area contributed by atoms with Crippen LogP contribution in [0.4, 0.5) is 0 Å². The summed E-state index contributed by atoms with van der Waals surface area (Å²) >= 11 is 0. The molecule has 0 amide bonds. The first-order valence-electron chi connectivity index (χ1n) is 12.2. The lowest BCUT2D eigenvalue weighted by molar-refractivity contribution is 0.0595. The van der Waals surface area contributed by atoms with Gasteiger partial charge >= 0.3 is 5.97 Å². The van der Waals surface area contributed by atoms with Crippen LogP contribution in [0.3, 0.4) is 0 Å². The number of hydrogen-bond donors (Lipinski definition) is 1. The summed E-state index contributed by atoms with van der Waals surface area (Å²) in [7, 11) is 2.95. The van der Waals surface area contributed by atoms with Gasteiger partial charge in [0.1, 0.15) is 23.7 Å². The minimum Gasteiger partial charge on any atom is -0.497 e. The zero-order valence-corrected chi connectivity index (χ0v) is 20.7. The molecule has 0 atom stereocenters. The van der Waals surface area contributed by atoms with E-state index in [2.05, 4.69) is 27.1 Å². The number of hydrogen-bond acceptors (Lipinski definition) is 7. The fourth-order valence-electron chi connectivity index (χ4n) is 4.97. The molecule has 1 fully saturated rings. The van der Waals surface area contributed by atoms with Gasteiger partial charge in [0.2, 0.25) is 0 Å². The number of aromatic amines is 1. The fourth-order valence-corrected chi connectivity index (χ4v) is 4.97. The number of esters is 1. The molecule has 8 heteroatoms. The molecule has 5 rings (SSSR count). The molecule has 0 spiro atoms. The summed E-state index contributed by atoms with van der Waals surface area (Å²) in [5, 5.41) is 1.26. The quantitative estimate of drug-likeness (QED) is 0.338. The second kappa shape index (κ2) is 10.9. The minimum atomic E-state index is -0.421. The van der Waals surface area contributed by atoms with Crippen molar-refractivity contribution in [2.45, 2.75) is 25.2 Å². The number of furan rings is 1. The molecule has 4 aromatic rings. The normalized spacial score (nSPS) is 14.7. The number of H-pyrrole nitrogens is 1. The largest absolute Gasteiger partial charge is 0.497 e. The van der Waals surface area contributed by atoms with Gasteiger partial charge in [-0.1, -0.05) is 0 Å². The van der Waals surface area contributed by atoms with Gasteiger partial charge in [0.25, 0.3) is 0 Å². The molecule has 8 nitrogen and oxygen atoms in total. The Kier molecular flexibility index (Phi) is 7.23. The fraction of sp³-hybridized carbons (Fsp3) is 0.357. The molecular formula is C28H31N3O5. The summed E-state index contributed by atoms with van der Waals surface area (Å²) in [6, 6.07) is 9.22. The van der Waals surface area contributed by atoms with E-state index in [0.29, 0.717) is 29.6 Å². The average molecular weight is 490 g/mol. The zero-order chi connectivity index (χ0) is 24.9. The molecule has 1 saturated heterocycles. The van der Waals surface area contributed by atoms with Gasteiger partial charge in [-0.05, 0) is 67.2 Å². The Hall–Kier alpha value is -3.78. The first-order chi connectivity index (χ1) is 17.7. The smallest absolute Gasteiger partial charge is 0.341 e. The monoisotopic (exact) mass is 489 g/mol. The van der Waals surface area contributed by atoms with Crippen LogP contribution in [-0.4, -0.2) is 61.3 Å². The van der Waals surface area contributed by atoms with Crippen LogP contribution in [0.5, 0.6) is 11.5 Å². The van der Waals surface area contributed by atoms with Crippen molar-refractivity contribution < 1.29 is 23.4 Å². The van der Waals surface area contributed by atoms with Gasteiger partial charge in [-0.3, -0.25) is 9.88 Å². The molecule has 1 aliphatic heterocycles. The van der Waals surface area contributed by atoms with Crippen molar-refractivity contribution in [3.05, 3.63) is 77.6 Å². The van der Waals surface area contributed by atoms with Crippen LogP contribution in [0.25, 0.3) is 10.9 Å². The average Bonchev–Trinajstić information content (AvgIpc) is 3.59. The van der Waals surface area contributed by atoms with Gasteiger partial charge in [0.15, 0.2) is 0 Å². The number of carbonyl (C=O) groups is 1. The number of nitrogens with one attached hydrogen (secondary N) is 1. The molecule has 0 bridgehead atoms. The van der Waals surface area contributed by atoms with Gasteiger partial charge in [-0.25, -0.2) is 4.79 Å². The predicted octanol–water partition coefficient (Wildman–Crippen LogP) is 4.80. The number of likely N-dealkylation sites (tertiary alicyclic amines) is 1. The number of pyridine rings is 1. The van der Waals surface area contributed by atoms with E-state index >= 15 is 0 Å². The standard InChI is InChI=1S/C28H31N3O5/c1-33-21-3-4-23(28(32)34-2)26(16-21)36-14-12-31-10-6-20(7-11-31)24-17-30-27-22(24)5-9-29-25(27)15-19-8-13-35-18-19/h3-5,8-9,13,16-18,20,30H,6-7,10-12,14-15H2,1-2H3. The highest BCUT2D eigenvalue weighted by Gasteiger charge is 2.24. The molecule has 1 N–H and O–H groups in total. The number of fused-ring (bicyclic) bond motifs is 1. The van der Waals surface area contributed by atoms with E-state index in [1.165, 1.54) is 18.1 Å². The van der Waals surface area contributed by atoms with E-state index in [1.54, 1.807) is 37.8 Å². The number of benzene rings is 1. The lowest BCUT2D eigenvalue weighted by Gasteiger charge is -2.31. The van der Waals surface area contributed by atoms with Crippen molar-refractivity contribution in [1.29, 1.82) is 0 Å². The number of piperidine rings is 1. The predicted molar refractivity (Wildman–Crippen MR) is 136 cm³/mol. The summed E-state index contributed by atoms with van der Waals surface area (Å²) in [5.41, 5.74) is 5.05. The second-order valence-corrected chi connectivity index (χ2v) is 9.05. The third kappa shape index (κ3) is 5.09. The van der Waals surface area contributed by atoms with Crippen molar-refractivity contribution in [3.63, 3.8) is 0 Å². The second-order valence-electron chi connectivity index (χ2n) is 9.05. The van der Waals surface area contributed by atoms with Gasteiger partial charge in [0, 0.05) is 36.8 Å². The van der Waals surface area contributed by atoms with Crippen molar-refractivity contribution in [2.75, 3.05) is 40.5 Å². The van der Waals surface area contributed by atoms with Gasteiger partial charge in [-0.2, -0.15) is 0 Å². The van der Waals surface area contributed by atoms with E-state index in [1.807, 2.05) is 12.3 Å². The maximum Gasteiger partial charge on any atom is 0.341 e. The number of aromatic nitrogens is 2. The number of ether oxygens (including phenoxy) is 3. The number of carbonyl (C=O) groups excluding carboxylic acids is 1. The number of methoxy groups -OCH3 is 2. The lowest BCUT2D eigenvalue weighted by atomic mass is 9.89. The Morgan fingerprint density at radius 2 is 2.06 bits per heavy atom. The van der Waals surface area contributed by atoms with Crippen LogP contribution in [-0.2, 0) is 11.2 Å². The maximum atomic E-state index is 12.1. The highest BCUT2D eigenvalue weighted by molar-refractivity contribution is 5.92. The van der Waals surface area contributed by atoms with E-state index in [4.69, 9.17) is 18.6 Å². The van der Waals surface area contributed by atoms with Crippen LogP contribution < -0.4 is 9.47 Å². The van der Waals surface area contributed by atoms with Crippen molar-refractivity contribution >= 4 is 16.9 Å². The van der Waals surface area contributed by atoms with E-state index in [0.717, 1.165) is 55.7 Å². The summed E-state index contributed by atoms with van der Waals surface area (Å²) in [5.74, 6) is 1.20. The van der Waals surface area contributed by atoms with Gasteiger partial charge in [-0.15, -0.1) is 0 Å². The van der Waals surface area contributed by atoms with Crippen LogP contribution in [0.1, 0.15) is 45.9 Å². The van der Waals surface area contributed by atoms with Crippen LogP contribution in [0.15, 0.2) is 59.7 Å². The molecular weight excluding hydrogens is 458 g/mol. The highest BCUT2D eigenvalue weighted by Crippen LogP contribution is 2.34. The third-order valence-electron chi connectivity index (χ3n) is 6.95. The maximum absolute atomic E-state index is 12.1. The van der Waals surface area contributed by atoms with E-state index in [9.17, 15) is 4.79 Å². The van der Waals surface area contributed by atoms with E-state index in [-0.39, 0.29) is 0 Å². The molecule has 1 aromatic carbocycles. The SMILES string of the molecule is COC(=O)c1ccc(OC)cc1OCCN1CCC(c2c[nH]c3c(Cc4ccoc4)nccc23)CC1. The molecule has 1 aliphatic rings. The first kappa shape index (κ1) is 23.9. The summed E-state index contributed by atoms with van der Waals surface area (Å²) in [4.78, 5) is 22.6. The minimum absolute atomic E-state index is 0.401. The molecule has 0 aliphatic carbocycles. The molecule has 0 radical (unpaired) electrons. The molecule has 36 heavy (non-hydrogen) atoms. The Balaban J connectivity index is 1.18. The molecule has 3 aromatic heterocycles. The Labute approximate surface area is 210 Å². The summed E-state index contributed by atoms with van der Waals surface area (Å²) in [6.45, 7) is 3.26. The lowest BCUT2D eigenvalue weighted by Crippen LogP contribution is -2.35. The Bertz CT molecular complexity index is 1310. The topological polar surface area (TPSA) is 89.8 Å². The number of nitrogens with zero attached hydrogens (tertiary/aromatic N) is 2.